The van der Waals surface area contributed by atoms with Crippen molar-refractivity contribution in [3.8, 4) is 11.5 Å². The number of carbonyl (C=O) groups excluding carboxylic acids is 1. The Morgan fingerprint density at radius 3 is 2.24 bits per heavy atom. The Hall–Kier alpha value is -3.77. The lowest BCUT2D eigenvalue weighted by Crippen LogP contribution is -2.38. The van der Waals surface area contributed by atoms with Crippen molar-refractivity contribution >= 4 is 28.6 Å². The third-order valence-electron chi connectivity index (χ3n) is 7.15. The van der Waals surface area contributed by atoms with E-state index < -0.39 is 0 Å². The highest BCUT2D eigenvalue weighted by atomic mass is 16.5. The molecule has 1 fully saturated rings. The van der Waals surface area contributed by atoms with Crippen LogP contribution >= 0.6 is 0 Å². The van der Waals surface area contributed by atoms with Crippen molar-refractivity contribution < 1.29 is 14.3 Å². The molecule has 6 nitrogen and oxygen atoms in total. The number of piperidine rings is 1. The van der Waals surface area contributed by atoms with Gasteiger partial charge in [-0.25, -0.2) is 0 Å². The van der Waals surface area contributed by atoms with Crippen LogP contribution in [0.4, 0.5) is 11.4 Å². The molecule has 2 unspecified atom stereocenters. The average molecular weight is 498 g/mol. The zero-order valence-corrected chi connectivity index (χ0v) is 22.0. The summed E-state index contributed by atoms with van der Waals surface area (Å²) in [5.74, 6) is 2.47. The van der Waals surface area contributed by atoms with Gasteiger partial charge < -0.3 is 20.1 Å². The molecule has 0 spiro atoms. The average Bonchev–Trinajstić information content (AvgIpc) is 3.21. The van der Waals surface area contributed by atoms with Crippen LogP contribution in [-0.4, -0.2) is 38.1 Å². The summed E-state index contributed by atoms with van der Waals surface area (Å²) in [6.45, 7) is 7.95. The van der Waals surface area contributed by atoms with E-state index in [9.17, 15) is 4.79 Å². The molecule has 0 saturated carbocycles. The zero-order chi connectivity index (χ0) is 25.9. The molecule has 2 N–H and O–H groups in total. The van der Waals surface area contributed by atoms with Crippen LogP contribution in [0.1, 0.15) is 37.0 Å². The van der Waals surface area contributed by atoms with Gasteiger partial charge in [0.15, 0.2) is 11.5 Å². The van der Waals surface area contributed by atoms with E-state index in [-0.39, 0.29) is 5.91 Å². The molecule has 192 valence electrons. The first-order chi connectivity index (χ1) is 17.9. The van der Waals surface area contributed by atoms with Crippen molar-refractivity contribution in [2.45, 2.75) is 26.8 Å². The van der Waals surface area contributed by atoms with Crippen molar-refractivity contribution in [2.24, 2.45) is 11.8 Å². The summed E-state index contributed by atoms with van der Waals surface area (Å²) in [4.78, 5) is 15.8. The van der Waals surface area contributed by atoms with Crippen LogP contribution in [-0.2, 0) is 11.3 Å². The molecule has 0 aromatic heterocycles. The first-order valence-electron chi connectivity index (χ1n) is 12.9. The number of hydrogen-bond donors (Lipinski definition) is 2. The van der Waals surface area contributed by atoms with E-state index in [0.717, 1.165) is 54.0 Å². The highest BCUT2D eigenvalue weighted by Crippen LogP contribution is 2.43. The second-order valence-corrected chi connectivity index (χ2v) is 10.3. The van der Waals surface area contributed by atoms with Crippen LogP contribution in [0.25, 0.3) is 11.3 Å². The molecule has 0 bridgehead atoms. The number of anilines is 2. The Labute approximate surface area is 219 Å². The van der Waals surface area contributed by atoms with Gasteiger partial charge in [-0.1, -0.05) is 56.3 Å². The molecule has 1 saturated heterocycles. The van der Waals surface area contributed by atoms with Crippen LogP contribution in [0.2, 0.25) is 0 Å². The Morgan fingerprint density at radius 2 is 1.59 bits per heavy atom. The highest BCUT2D eigenvalue weighted by Gasteiger charge is 2.30. The SMILES string of the molecule is COc1cc2c(cc1OC)C(=C(Nc1ccc(CN3CC(C)CC(C)C3)cc1)c1ccccc1)C(=O)N2. The number of methoxy groups -OCH3 is 2. The van der Waals surface area contributed by atoms with E-state index in [1.807, 2.05) is 36.4 Å². The Balaban J connectivity index is 1.47. The molecule has 2 atom stereocenters. The quantitative estimate of drug-likeness (QED) is 0.386. The van der Waals surface area contributed by atoms with Crippen molar-refractivity contribution in [3.05, 3.63) is 83.4 Å². The maximum Gasteiger partial charge on any atom is 0.258 e. The maximum atomic E-state index is 13.3. The van der Waals surface area contributed by atoms with Crippen molar-refractivity contribution in [1.82, 2.24) is 4.90 Å². The van der Waals surface area contributed by atoms with Crippen molar-refractivity contribution in [2.75, 3.05) is 37.9 Å². The maximum absolute atomic E-state index is 13.3. The van der Waals surface area contributed by atoms with E-state index in [0.29, 0.717) is 22.8 Å². The fraction of sp³-hybridized carbons (Fsp3) is 0.323. The topological polar surface area (TPSA) is 62.8 Å². The van der Waals surface area contributed by atoms with E-state index in [1.165, 1.54) is 12.0 Å². The lowest BCUT2D eigenvalue weighted by molar-refractivity contribution is -0.110. The number of hydrogen-bond acceptors (Lipinski definition) is 5. The summed E-state index contributed by atoms with van der Waals surface area (Å²) in [6.07, 6.45) is 1.31. The van der Waals surface area contributed by atoms with E-state index in [2.05, 4.69) is 53.6 Å². The van der Waals surface area contributed by atoms with Crippen LogP contribution in [0, 0.1) is 11.8 Å². The van der Waals surface area contributed by atoms with Crippen molar-refractivity contribution in [1.29, 1.82) is 0 Å². The van der Waals surface area contributed by atoms with Crippen LogP contribution < -0.4 is 20.1 Å². The molecule has 2 aliphatic rings. The summed E-state index contributed by atoms with van der Waals surface area (Å²) in [6, 6.07) is 22.1. The number of fused-ring (bicyclic) bond motifs is 1. The normalized spacial score (nSPS) is 20.7. The fourth-order valence-electron chi connectivity index (χ4n) is 5.65. The minimum absolute atomic E-state index is 0.165. The summed E-state index contributed by atoms with van der Waals surface area (Å²) in [5.41, 5.74) is 5.94. The van der Waals surface area contributed by atoms with Gasteiger partial charge in [-0.05, 0) is 47.6 Å². The van der Waals surface area contributed by atoms with E-state index in [4.69, 9.17) is 9.47 Å². The third kappa shape index (κ3) is 5.35. The summed E-state index contributed by atoms with van der Waals surface area (Å²) in [5, 5.41) is 6.55. The Bertz CT molecular complexity index is 1290. The summed E-state index contributed by atoms with van der Waals surface area (Å²) in [7, 11) is 3.19. The molecule has 3 aromatic rings. The first kappa shape index (κ1) is 24.9. The summed E-state index contributed by atoms with van der Waals surface area (Å²) >= 11 is 0. The molecular formula is C31H35N3O3. The second-order valence-electron chi connectivity index (χ2n) is 10.3. The Kier molecular flexibility index (Phi) is 7.19. The molecular weight excluding hydrogens is 462 g/mol. The molecule has 3 aromatic carbocycles. The van der Waals surface area contributed by atoms with Crippen LogP contribution in [0.15, 0.2) is 66.7 Å². The zero-order valence-electron chi connectivity index (χ0n) is 22.0. The predicted molar refractivity (Wildman–Crippen MR) is 150 cm³/mol. The van der Waals surface area contributed by atoms with Gasteiger partial charge in [0, 0.05) is 37.0 Å². The molecule has 37 heavy (non-hydrogen) atoms. The first-order valence-corrected chi connectivity index (χ1v) is 12.9. The highest BCUT2D eigenvalue weighted by molar-refractivity contribution is 6.37. The van der Waals surface area contributed by atoms with Gasteiger partial charge in [0.25, 0.3) is 5.91 Å². The molecule has 5 rings (SSSR count). The molecule has 6 heteroatoms. The molecule has 0 radical (unpaired) electrons. The largest absolute Gasteiger partial charge is 0.493 e. The van der Waals surface area contributed by atoms with Gasteiger partial charge >= 0.3 is 0 Å². The molecule has 0 aliphatic carbocycles. The lowest BCUT2D eigenvalue weighted by Gasteiger charge is -2.35. The number of carbonyl (C=O) groups is 1. The predicted octanol–water partition coefficient (Wildman–Crippen LogP) is 6.11. The Morgan fingerprint density at radius 1 is 0.946 bits per heavy atom. The number of likely N-dealkylation sites (tertiary alicyclic amines) is 1. The third-order valence-corrected chi connectivity index (χ3v) is 7.15. The minimum atomic E-state index is -0.165. The van der Waals surface area contributed by atoms with Crippen LogP contribution in [0.5, 0.6) is 11.5 Å². The minimum Gasteiger partial charge on any atom is -0.493 e. The number of rotatable bonds is 7. The van der Waals surface area contributed by atoms with Gasteiger partial charge in [-0.15, -0.1) is 0 Å². The molecule has 1 amide bonds. The molecule has 2 aliphatic heterocycles. The van der Waals surface area contributed by atoms with Gasteiger partial charge in [-0.3, -0.25) is 9.69 Å². The molecule has 2 heterocycles. The van der Waals surface area contributed by atoms with Crippen LogP contribution in [0.3, 0.4) is 0 Å². The number of ether oxygens (including phenoxy) is 2. The van der Waals surface area contributed by atoms with Crippen molar-refractivity contribution in [3.63, 3.8) is 0 Å². The number of benzene rings is 3. The van der Waals surface area contributed by atoms with Gasteiger partial charge in [-0.2, -0.15) is 0 Å². The second kappa shape index (κ2) is 10.7. The number of amides is 1. The summed E-state index contributed by atoms with van der Waals surface area (Å²) < 4.78 is 11.0. The monoisotopic (exact) mass is 497 g/mol. The van der Waals surface area contributed by atoms with Gasteiger partial charge in [0.05, 0.1) is 31.2 Å². The fourth-order valence-corrected chi connectivity index (χ4v) is 5.65. The van der Waals surface area contributed by atoms with Gasteiger partial charge in [0.2, 0.25) is 0 Å². The lowest BCUT2D eigenvalue weighted by atomic mass is 9.91. The van der Waals surface area contributed by atoms with Gasteiger partial charge in [0.1, 0.15) is 0 Å². The number of nitrogens with one attached hydrogen (secondary N) is 2. The number of nitrogens with zero attached hydrogens (tertiary/aromatic N) is 1. The van der Waals surface area contributed by atoms with E-state index in [1.54, 1.807) is 20.3 Å². The smallest absolute Gasteiger partial charge is 0.258 e. The van der Waals surface area contributed by atoms with E-state index >= 15 is 0 Å². The standard InChI is InChI=1S/C31H35N3O3/c1-20-14-21(2)18-34(17-20)19-22-10-12-24(13-11-22)32-30(23-8-6-5-7-9-23)29-25-15-27(36-3)28(37-4)16-26(25)33-31(29)35/h5-13,15-16,20-21,32H,14,17-19H2,1-4H3,(H,33,35).